The van der Waals surface area contributed by atoms with Crippen molar-refractivity contribution >= 4 is 11.8 Å². The Morgan fingerprint density at radius 2 is 1.77 bits per heavy atom. The number of hydrogen-bond donors (Lipinski definition) is 1. The van der Waals surface area contributed by atoms with Crippen LogP contribution in [0.2, 0.25) is 0 Å². The topological polar surface area (TPSA) is 58.6 Å². The van der Waals surface area contributed by atoms with Crippen molar-refractivity contribution in [2.75, 3.05) is 19.7 Å². The zero-order chi connectivity index (χ0) is 21.9. The van der Waals surface area contributed by atoms with Crippen molar-refractivity contribution in [3.63, 3.8) is 0 Å². The van der Waals surface area contributed by atoms with Crippen LogP contribution in [0.3, 0.4) is 0 Å². The largest absolute Gasteiger partial charge is 0.483 e. The molecule has 0 fully saturated rings. The summed E-state index contributed by atoms with van der Waals surface area (Å²) >= 11 is 0. The molecule has 0 aromatic heterocycles. The minimum absolute atomic E-state index is 0.0867. The average Bonchev–Trinajstić information content (AvgIpc) is 2.76. The van der Waals surface area contributed by atoms with Crippen molar-refractivity contribution in [2.45, 2.75) is 53.0 Å². The van der Waals surface area contributed by atoms with Crippen LogP contribution in [-0.2, 0) is 16.0 Å². The lowest BCUT2D eigenvalue weighted by atomic mass is 10.1. The van der Waals surface area contributed by atoms with Crippen LogP contribution in [0, 0.1) is 13.8 Å². The Kier molecular flexibility index (Phi) is 9.39. The second-order valence-corrected chi connectivity index (χ2v) is 7.52. The van der Waals surface area contributed by atoms with E-state index in [0.29, 0.717) is 31.7 Å². The minimum atomic E-state index is -0.505. The SMILES string of the molecule is CCCNC(=O)C(CC)N(CCc1ccccc1)C(=O)COc1cccc(C)c1C. The summed E-state index contributed by atoms with van der Waals surface area (Å²) < 4.78 is 5.85. The molecule has 30 heavy (non-hydrogen) atoms. The Balaban J connectivity index is 2.14. The Labute approximate surface area is 180 Å². The van der Waals surface area contributed by atoms with Gasteiger partial charge in [0.2, 0.25) is 5.91 Å². The van der Waals surface area contributed by atoms with Crippen LogP contribution in [0.4, 0.5) is 0 Å². The van der Waals surface area contributed by atoms with E-state index in [2.05, 4.69) is 5.32 Å². The van der Waals surface area contributed by atoms with Gasteiger partial charge in [-0.05, 0) is 55.9 Å². The Morgan fingerprint density at radius 1 is 1.03 bits per heavy atom. The molecule has 0 aliphatic carbocycles. The Hall–Kier alpha value is -2.82. The van der Waals surface area contributed by atoms with Crippen LogP contribution < -0.4 is 10.1 Å². The first-order valence-corrected chi connectivity index (χ1v) is 10.8. The molecular weight excluding hydrogens is 376 g/mol. The Morgan fingerprint density at radius 3 is 2.43 bits per heavy atom. The smallest absolute Gasteiger partial charge is 0.261 e. The van der Waals surface area contributed by atoms with Crippen molar-refractivity contribution in [1.82, 2.24) is 10.2 Å². The second-order valence-electron chi connectivity index (χ2n) is 7.52. The van der Waals surface area contributed by atoms with Gasteiger partial charge in [-0.15, -0.1) is 0 Å². The van der Waals surface area contributed by atoms with E-state index in [4.69, 9.17) is 4.74 Å². The van der Waals surface area contributed by atoms with Gasteiger partial charge < -0.3 is 15.0 Å². The normalized spacial score (nSPS) is 11.6. The maximum Gasteiger partial charge on any atom is 0.261 e. The van der Waals surface area contributed by atoms with E-state index >= 15 is 0 Å². The minimum Gasteiger partial charge on any atom is -0.483 e. The molecule has 0 radical (unpaired) electrons. The number of rotatable bonds is 11. The fraction of sp³-hybridized carbons (Fsp3) is 0.440. The summed E-state index contributed by atoms with van der Waals surface area (Å²) in [6.45, 7) is 8.93. The van der Waals surface area contributed by atoms with Gasteiger partial charge in [0.05, 0.1) is 0 Å². The molecule has 0 heterocycles. The van der Waals surface area contributed by atoms with Crippen LogP contribution in [0.15, 0.2) is 48.5 Å². The molecule has 0 saturated heterocycles. The van der Waals surface area contributed by atoms with E-state index in [9.17, 15) is 9.59 Å². The first-order valence-electron chi connectivity index (χ1n) is 10.8. The average molecular weight is 411 g/mol. The zero-order valence-corrected chi connectivity index (χ0v) is 18.6. The van der Waals surface area contributed by atoms with E-state index in [0.717, 1.165) is 23.1 Å². The molecule has 0 saturated carbocycles. The van der Waals surface area contributed by atoms with Crippen LogP contribution in [0.5, 0.6) is 5.75 Å². The molecule has 1 N–H and O–H groups in total. The van der Waals surface area contributed by atoms with Crippen LogP contribution >= 0.6 is 0 Å². The van der Waals surface area contributed by atoms with Crippen molar-refractivity contribution in [2.24, 2.45) is 0 Å². The van der Waals surface area contributed by atoms with Crippen molar-refractivity contribution < 1.29 is 14.3 Å². The lowest BCUT2D eigenvalue weighted by Crippen LogP contribution is -2.51. The van der Waals surface area contributed by atoms with E-state index < -0.39 is 6.04 Å². The predicted octanol–water partition coefficient (Wildman–Crippen LogP) is 4.06. The maximum atomic E-state index is 13.1. The van der Waals surface area contributed by atoms with Gasteiger partial charge in [0.15, 0.2) is 6.61 Å². The summed E-state index contributed by atoms with van der Waals surface area (Å²) in [5.41, 5.74) is 3.27. The number of carbonyl (C=O) groups excluding carboxylic acids is 2. The highest BCUT2D eigenvalue weighted by Crippen LogP contribution is 2.21. The predicted molar refractivity (Wildman–Crippen MR) is 121 cm³/mol. The molecule has 0 bridgehead atoms. The molecular formula is C25H34N2O3. The summed E-state index contributed by atoms with van der Waals surface area (Å²) in [7, 11) is 0. The molecule has 0 aliphatic heterocycles. The Bertz CT molecular complexity index is 820. The number of nitrogens with zero attached hydrogens (tertiary/aromatic N) is 1. The molecule has 2 amide bonds. The van der Waals surface area contributed by atoms with E-state index in [1.807, 2.05) is 76.2 Å². The van der Waals surface area contributed by atoms with Gasteiger partial charge in [0.1, 0.15) is 11.8 Å². The molecule has 5 heteroatoms. The number of amides is 2. The highest BCUT2D eigenvalue weighted by Gasteiger charge is 2.28. The van der Waals surface area contributed by atoms with E-state index in [-0.39, 0.29) is 18.4 Å². The molecule has 162 valence electrons. The van der Waals surface area contributed by atoms with Gasteiger partial charge in [0.25, 0.3) is 5.91 Å². The highest BCUT2D eigenvalue weighted by atomic mass is 16.5. The highest BCUT2D eigenvalue weighted by molar-refractivity contribution is 5.88. The summed E-state index contributed by atoms with van der Waals surface area (Å²) in [6, 6.07) is 15.3. The van der Waals surface area contributed by atoms with Gasteiger partial charge in [-0.2, -0.15) is 0 Å². The fourth-order valence-corrected chi connectivity index (χ4v) is 3.36. The summed E-state index contributed by atoms with van der Waals surface area (Å²) in [4.78, 5) is 27.5. The molecule has 2 rings (SSSR count). The molecule has 2 aromatic rings. The fourth-order valence-electron chi connectivity index (χ4n) is 3.36. The van der Waals surface area contributed by atoms with Crippen molar-refractivity contribution in [1.29, 1.82) is 0 Å². The van der Waals surface area contributed by atoms with Gasteiger partial charge in [0, 0.05) is 13.1 Å². The van der Waals surface area contributed by atoms with Crippen LogP contribution in [0.25, 0.3) is 0 Å². The number of hydrogen-bond acceptors (Lipinski definition) is 3. The summed E-state index contributed by atoms with van der Waals surface area (Å²) in [6.07, 6.45) is 2.10. The monoisotopic (exact) mass is 410 g/mol. The quantitative estimate of drug-likeness (QED) is 0.608. The third kappa shape index (κ3) is 6.61. The van der Waals surface area contributed by atoms with E-state index in [1.165, 1.54) is 0 Å². The van der Waals surface area contributed by atoms with Crippen molar-refractivity contribution in [3.8, 4) is 5.75 Å². The number of carbonyl (C=O) groups is 2. The molecule has 2 aromatic carbocycles. The second kappa shape index (κ2) is 12.0. The van der Waals surface area contributed by atoms with Crippen LogP contribution in [-0.4, -0.2) is 42.5 Å². The molecule has 5 nitrogen and oxygen atoms in total. The maximum absolute atomic E-state index is 13.1. The first kappa shape index (κ1) is 23.5. The molecule has 0 aliphatic rings. The lowest BCUT2D eigenvalue weighted by Gasteiger charge is -2.30. The standard InChI is InChI=1S/C25H34N2O3/c1-5-16-26-25(29)22(6-2)27(17-15-21-12-8-7-9-13-21)24(28)18-30-23-14-10-11-19(3)20(23)4/h7-14,22H,5-6,15-18H2,1-4H3,(H,26,29). The number of aryl methyl sites for hydroxylation is 1. The molecule has 0 spiro atoms. The van der Waals surface area contributed by atoms with Gasteiger partial charge in [-0.25, -0.2) is 0 Å². The van der Waals surface area contributed by atoms with Crippen LogP contribution in [0.1, 0.15) is 43.4 Å². The summed E-state index contributed by atoms with van der Waals surface area (Å²) in [5, 5.41) is 2.93. The number of nitrogens with one attached hydrogen (secondary N) is 1. The van der Waals surface area contributed by atoms with Gasteiger partial charge in [-0.3, -0.25) is 9.59 Å². The van der Waals surface area contributed by atoms with Gasteiger partial charge in [-0.1, -0.05) is 56.3 Å². The number of benzene rings is 2. The molecule has 1 atom stereocenters. The zero-order valence-electron chi connectivity index (χ0n) is 18.6. The molecule has 1 unspecified atom stereocenters. The van der Waals surface area contributed by atoms with Gasteiger partial charge >= 0.3 is 0 Å². The summed E-state index contributed by atoms with van der Waals surface area (Å²) in [5.74, 6) is 0.424. The number of ether oxygens (including phenoxy) is 1. The third-order valence-corrected chi connectivity index (χ3v) is 5.33. The third-order valence-electron chi connectivity index (χ3n) is 5.33. The van der Waals surface area contributed by atoms with Crippen molar-refractivity contribution in [3.05, 3.63) is 65.2 Å². The van der Waals surface area contributed by atoms with E-state index in [1.54, 1.807) is 4.90 Å². The first-order chi connectivity index (χ1) is 14.5. The lowest BCUT2D eigenvalue weighted by molar-refractivity contribution is -0.142.